The number of methoxy groups -OCH3 is 1. The molecule has 8 heteroatoms. The van der Waals surface area contributed by atoms with E-state index in [0.717, 1.165) is 15.9 Å². The van der Waals surface area contributed by atoms with Crippen LogP contribution in [0.2, 0.25) is 0 Å². The molecule has 1 saturated heterocycles. The summed E-state index contributed by atoms with van der Waals surface area (Å²) >= 11 is 1.40. The van der Waals surface area contributed by atoms with Crippen LogP contribution in [-0.2, 0) is 14.3 Å². The van der Waals surface area contributed by atoms with Crippen molar-refractivity contribution in [1.82, 2.24) is 14.9 Å². The van der Waals surface area contributed by atoms with E-state index in [9.17, 15) is 9.59 Å². The quantitative estimate of drug-likeness (QED) is 0.361. The summed E-state index contributed by atoms with van der Waals surface area (Å²) in [5.41, 5.74) is 0.808. The number of carbonyl (C=O) groups excluding carboxylic acids is 2. The van der Waals surface area contributed by atoms with Gasteiger partial charge in [0, 0.05) is 18.5 Å². The molecule has 1 amide bonds. The molecule has 1 aromatic carbocycles. The van der Waals surface area contributed by atoms with E-state index in [1.165, 1.54) is 18.9 Å². The minimum absolute atomic E-state index is 0.0422. The summed E-state index contributed by atoms with van der Waals surface area (Å²) < 4.78 is 10.2. The summed E-state index contributed by atoms with van der Waals surface area (Å²) in [6.45, 7) is 1.14. The van der Waals surface area contributed by atoms with Gasteiger partial charge in [0.25, 0.3) is 0 Å². The Morgan fingerprint density at radius 2 is 1.97 bits per heavy atom. The molecule has 0 unspecified atom stereocenters. The zero-order chi connectivity index (χ0) is 20.2. The van der Waals surface area contributed by atoms with Gasteiger partial charge in [0.05, 0.1) is 30.6 Å². The van der Waals surface area contributed by atoms with Crippen LogP contribution in [-0.4, -0.2) is 52.7 Å². The van der Waals surface area contributed by atoms with Gasteiger partial charge in [-0.05, 0) is 31.0 Å². The molecule has 0 N–H and O–H groups in total. The van der Waals surface area contributed by atoms with Crippen LogP contribution in [0.1, 0.15) is 12.8 Å². The number of benzene rings is 1. The second-order valence-electron chi connectivity index (χ2n) is 6.81. The summed E-state index contributed by atoms with van der Waals surface area (Å²) in [5, 5.41) is 1.66. The summed E-state index contributed by atoms with van der Waals surface area (Å²) in [4.78, 5) is 35.4. The van der Waals surface area contributed by atoms with Gasteiger partial charge in [0.15, 0.2) is 11.6 Å². The number of furan rings is 1. The third-order valence-corrected chi connectivity index (χ3v) is 6.00. The van der Waals surface area contributed by atoms with Crippen molar-refractivity contribution in [3.8, 4) is 11.6 Å². The number of piperidine rings is 1. The number of nitrogens with zero attached hydrogens (tertiary/aromatic N) is 3. The molecule has 0 spiro atoms. The zero-order valence-electron chi connectivity index (χ0n) is 16.0. The van der Waals surface area contributed by atoms with Crippen molar-refractivity contribution in [3.63, 3.8) is 0 Å². The van der Waals surface area contributed by atoms with Crippen molar-refractivity contribution in [1.29, 1.82) is 0 Å². The zero-order valence-corrected chi connectivity index (χ0v) is 16.9. The topological polar surface area (TPSA) is 85.5 Å². The van der Waals surface area contributed by atoms with Crippen LogP contribution in [0.3, 0.4) is 0 Å². The minimum Gasteiger partial charge on any atom is -0.469 e. The predicted molar refractivity (Wildman–Crippen MR) is 109 cm³/mol. The van der Waals surface area contributed by atoms with Crippen molar-refractivity contribution in [2.24, 2.45) is 5.92 Å². The van der Waals surface area contributed by atoms with Crippen LogP contribution < -0.4 is 0 Å². The largest absolute Gasteiger partial charge is 0.469 e. The number of ether oxygens (including phenoxy) is 1. The highest BCUT2D eigenvalue weighted by Gasteiger charge is 2.28. The molecule has 3 heterocycles. The van der Waals surface area contributed by atoms with Gasteiger partial charge < -0.3 is 14.1 Å². The number of fused-ring (bicyclic) bond motifs is 1. The summed E-state index contributed by atoms with van der Waals surface area (Å²) in [6, 6.07) is 11.3. The average Bonchev–Trinajstić information content (AvgIpc) is 3.31. The average molecular weight is 411 g/mol. The fourth-order valence-electron chi connectivity index (χ4n) is 3.43. The van der Waals surface area contributed by atoms with Crippen molar-refractivity contribution in [3.05, 3.63) is 42.7 Å². The van der Waals surface area contributed by atoms with Gasteiger partial charge >= 0.3 is 5.97 Å². The Labute approximate surface area is 172 Å². The van der Waals surface area contributed by atoms with Crippen LogP contribution in [0.25, 0.3) is 22.5 Å². The first-order chi connectivity index (χ1) is 14.2. The third-order valence-electron chi connectivity index (χ3n) is 5.02. The second kappa shape index (κ2) is 8.65. The molecular weight excluding hydrogens is 390 g/mol. The van der Waals surface area contributed by atoms with E-state index >= 15 is 0 Å². The monoisotopic (exact) mass is 411 g/mol. The minimum atomic E-state index is -0.190. The Morgan fingerprint density at radius 1 is 1.17 bits per heavy atom. The molecule has 1 aliphatic heterocycles. The first-order valence-corrected chi connectivity index (χ1v) is 10.4. The number of esters is 1. The number of hydrogen-bond donors (Lipinski definition) is 0. The van der Waals surface area contributed by atoms with Crippen molar-refractivity contribution < 1.29 is 18.7 Å². The van der Waals surface area contributed by atoms with Crippen molar-refractivity contribution >= 4 is 34.5 Å². The predicted octanol–water partition coefficient (Wildman–Crippen LogP) is 3.39. The SMILES string of the molecule is COC(=O)C1CCN(C(=O)CSc2nc(-c3ccco3)nc3ccccc23)CC1. The molecule has 4 rings (SSSR count). The fourth-order valence-corrected chi connectivity index (χ4v) is 4.35. The van der Waals surface area contributed by atoms with Crippen LogP contribution in [0, 0.1) is 5.92 Å². The smallest absolute Gasteiger partial charge is 0.308 e. The van der Waals surface area contributed by atoms with E-state index in [0.29, 0.717) is 37.5 Å². The van der Waals surface area contributed by atoms with Crippen LogP contribution in [0.15, 0.2) is 52.1 Å². The van der Waals surface area contributed by atoms with Gasteiger partial charge in [-0.3, -0.25) is 9.59 Å². The van der Waals surface area contributed by atoms with Crippen LogP contribution in [0.4, 0.5) is 0 Å². The number of carbonyl (C=O) groups is 2. The maximum atomic E-state index is 12.7. The van der Waals surface area contributed by atoms with Crippen LogP contribution >= 0.6 is 11.8 Å². The fraction of sp³-hybridized carbons (Fsp3) is 0.333. The maximum absolute atomic E-state index is 12.7. The van der Waals surface area contributed by atoms with E-state index in [4.69, 9.17) is 9.15 Å². The molecule has 0 radical (unpaired) electrons. The molecule has 1 fully saturated rings. The summed E-state index contributed by atoms with van der Waals surface area (Å²) in [5.74, 6) is 1.11. The highest BCUT2D eigenvalue weighted by molar-refractivity contribution is 8.00. The first-order valence-electron chi connectivity index (χ1n) is 9.45. The molecule has 0 atom stereocenters. The molecular formula is C21H21N3O4S. The summed E-state index contributed by atoms with van der Waals surface area (Å²) in [6.07, 6.45) is 2.87. The Kier molecular flexibility index (Phi) is 5.80. The molecule has 0 aliphatic carbocycles. The number of hydrogen-bond acceptors (Lipinski definition) is 7. The molecule has 2 aromatic heterocycles. The highest BCUT2D eigenvalue weighted by atomic mass is 32.2. The number of aromatic nitrogens is 2. The Morgan fingerprint density at radius 3 is 2.69 bits per heavy atom. The van der Waals surface area contributed by atoms with Gasteiger partial charge in [-0.15, -0.1) is 0 Å². The highest BCUT2D eigenvalue weighted by Crippen LogP contribution is 2.29. The Bertz CT molecular complexity index is 1010. The van der Waals surface area contributed by atoms with Gasteiger partial charge in [-0.25, -0.2) is 9.97 Å². The molecule has 0 bridgehead atoms. The number of thioether (sulfide) groups is 1. The van der Waals surface area contributed by atoms with Gasteiger partial charge in [-0.2, -0.15) is 0 Å². The number of amides is 1. The Balaban J connectivity index is 1.47. The lowest BCUT2D eigenvalue weighted by atomic mass is 9.97. The number of rotatable bonds is 5. The standard InChI is InChI=1S/C21H21N3O4S/c1-27-21(26)14-8-10-24(11-9-14)18(25)13-29-20-15-5-2-3-6-16(15)22-19(23-20)17-7-4-12-28-17/h2-7,12,14H,8-11,13H2,1H3. The van der Waals surface area contributed by atoms with Gasteiger partial charge in [0.1, 0.15) is 5.03 Å². The lowest BCUT2D eigenvalue weighted by molar-refractivity contribution is -0.148. The second-order valence-corrected chi connectivity index (χ2v) is 7.78. The van der Waals surface area contributed by atoms with E-state index in [1.54, 1.807) is 12.3 Å². The molecule has 0 saturated carbocycles. The third kappa shape index (κ3) is 4.27. The van der Waals surface area contributed by atoms with Gasteiger partial charge in [0.2, 0.25) is 5.91 Å². The number of para-hydroxylation sites is 1. The van der Waals surface area contributed by atoms with Crippen molar-refractivity contribution in [2.45, 2.75) is 17.9 Å². The molecule has 1 aliphatic rings. The van der Waals surface area contributed by atoms with Gasteiger partial charge in [-0.1, -0.05) is 30.0 Å². The lowest BCUT2D eigenvalue weighted by Gasteiger charge is -2.30. The Hall–Kier alpha value is -2.87. The van der Waals surface area contributed by atoms with Crippen molar-refractivity contribution in [2.75, 3.05) is 26.0 Å². The van der Waals surface area contributed by atoms with E-state index in [1.807, 2.05) is 35.2 Å². The maximum Gasteiger partial charge on any atom is 0.308 e. The van der Waals surface area contributed by atoms with Crippen LogP contribution in [0.5, 0.6) is 0 Å². The molecule has 7 nitrogen and oxygen atoms in total. The molecule has 29 heavy (non-hydrogen) atoms. The molecule has 150 valence electrons. The van der Waals surface area contributed by atoms with E-state index < -0.39 is 0 Å². The lowest BCUT2D eigenvalue weighted by Crippen LogP contribution is -2.41. The number of likely N-dealkylation sites (tertiary alicyclic amines) is 1. The molecule has 3 aromatic rings. The summed E-state index contributed by atoms with van der Waals surface area (Å²) in [7, 11) is 1.40. The first kappa shape index (κ1) is 19.4. The van der Waals surface area contributed by atoms with E-state index in [-0.39, 0.29) is 23.5 Å². The normalized spacial score (nSPS) is 14.9. The van der Waals surface area contributed by atoms with E-state index in [2.05, 4.69) is 9.97 Å².